The van der Waals surface area contributed by atoms with Gasteiger partial charge in [-0.3, -0.25) is 4.79 Å². The highest BCUT2D eigenvalue weighted by atomic mass is 79.9. The van der Waals surface area contributed by atoms with Crippen LogP contribution in [0.25, 0.3) is 11.4 Å². The summed E-state index contributed by atoms with van der Waals surface area (Å²) in [5, 5.41) is 0. The van der Waals surface area contributed by atoms with Crippen LogP contribution in [0.2, 0.25) is 0 Å². The Labute approximate surface area is 95.7 Å². The Morgan fingerprint density at radius 2 is 2.27 bits per heavy atom. The second-order valence-corrected chi connectivity index (χ2v) is 4.18. The minimum Gasteiger partial charge on any atom is -0.336 e. The molecule has 3 nitrogen and oxygen atoms in total. The summed E-state index contributed by atoms with van der Waals surface area (Å²) in [6, 6.07) is 5.93. The van der Waals surface area contributed by atoms with Crippen molar-refractivity contribution in [2.24, 2.45) is 0 Å². The maximum absolute atomic E-state index is 10.5. The predicted molar refractivity (Wildman–Crippen MR) is 61.8 cm³/mol. The van der Waals surface area contributed by atoms with E-state index in [-0.39, 0.29) is 0 Å². The fourth-order valence-electron chi connectivity index (χ4n) is 1.42. The van der Waals surface area contributed by atoms with Crippen LogP contribution < -0.4 is 0 Å². The maximum atomic E-state index is 10.5. The first kappa shape index (κ1) is 10.1. The molecule has 2 aromatic rings. The van der Waals surface area contributed by atoms with Crippen molar-refractivity contribution in [2.45, 2.75) is 6.92 Å². The zero-order valence-electron chi connectivity index (χ0n) is 8.12. The van der Waals surface area contributed by atoms with E-state index in [1.54, 1.807) is 0 Å². The van der Waals surface area contributed by atoms with Gasteiger partial charge in [-0.1, -0.05) is 15.9 Å². The SMILES string of the molecule is Cc1cc(Br)ccc1-c1ncc(C=O)[nH]1. The molecule has 1 N–H and O–H groups in total. The number of halogens is 1. The molecule has 0 aliphatic heterocycles. The van der Waals surface area contributed by atoms with Crippen LogP contribution in [0.3, 0.4) is 0 Å². The Hall–Kier alpha value is -1.42. The van der Waals surface area contributed by atoms with E-state index in [9.17, 15) is 4.79 Å². The molecular weight excluding hydrogens is 256 g/mol. The number of carbonyl (C=O) groups excluding carboxylic acids is 1. The number of aromatic nitrogens is 2. The summed E-state index contributed by atoms with van der Waals surface area (Å²) >= 11 is 3.40. The van der Waals surface area contributed by atoms with Gasteiger partial charge in [0.25, 0.3) is 0 Å². The van der Waals surface area contributed by atoms with Crippen molar-refractivity contribution < 1.29 is 4.79 Å². The van der Waals surface area contributed by atoms with Gasteiger partial charge in [0.15, 0.2) is 6.29 Å². The third kappa shape index (κ3) is 1.99. The topological polar surface area (TPSA) is 45.8 Å². The second-order valence-electron chi connectivity index (χ2n) is 3.26. The summed E-state index contributed by atoms with van der Waals surface area (Å²) in [4.78, 5) is 17.6. The van der Waals surface area contributed by atoms with Crippen molar-refractivity contribution >= 4 is 22.2 Å². The molecule has 2 rings (SSSR count). The Balaban J connectivity index is 2.49. The van der Waals surface area contributed by atoms with Gasteiger partial charge in [0.1, 0.15) is 5.82 Å². The molecule has 0 unspecified atom stereocenters. The Morgan fingerprint density at radius 1 is 1.47 bits per heavy atom. The van der Waals surface area contributed by atoms with E-state index in [1.807, 2.05) is 25.1 Å². The van der Waals surface area contributed by atoms with Crippen molar-refractivity contribution in [1.82, 2.24) is 9.97 Å². The number of imidazole rings is 1. The van der Waals surface area contributed by atoms with Crippen molar-refractivity contribution in [3.05, 3.63) is 40.1 Å². The van der Waals surface area contributed by atoms with Gasteiger partial charge in [-0.05, 0) is 30.7 Å². The molecular formula is C11H9BrN2O. The summed E-state index contributed by atoms with van der Waals surface area (Å²) in [5.74, 6) is 0.724. The molecule has 0 saturated heterocycles. The van der Waals surface area contributed by atoms with Crippen LogP contribution in [-0.2, 0) is 0 Å². The number of nitrogens with zero attached hydrogens (tertiary/aromatic N) is 1. The first-order chi connectivity index (χ1) is 7.20. The molecule has 0 aliphatic rings. The molecule has 0 fully saturated rings. The summed E-state index contributed by atoms with van der Waals surface area (Å²) in [7, 11) is 0. The number of aromatic amines is 1. The van der Waals surface area contributed by atoms with Gasteiger partial charge in [0.05, 0.1) is 11.9 Å². The first-order valence-corrected chi connectivity index (χ1v) is 5.26. The van der Waals surface area contributed by atoms with E-state index < -0.39 is 0 Å². The molecule has 1 aromatic heterocycles. The zero-order valence-corrected chi connectivity index (χ0v) is 9.71. The van der Waals surface area contributed by atoms with Crippen molar-refractivity contribution in [3.63, 3.8) is 0 Å². The molecule has 4 heteroatoms. The molecule has 0 bridgehead atoms. The molecule has 15 heavy (non-hydrogen) atoms. The molecule has 0 spiro atoms. The molecule has 0 amide bonds. The first-order valence-electron chi connectivity index (χ1n) is 4.47. The van der Waals surface area contributed by atoms with Gasteiger partial charge in [-0.25, -0.2) is 4.98 Å². The number of hydrogen-bond acceptors (Lipinski definition) is 2. The summed E-state index contributed by atoms with van der Waals surface area (Å²) in [6.07, 6.45) is 2.29. The summed E-state index contributed by atoms with van der Waals surface area (Å²) < 4.78 is 1.03. The fourth-order valence-corrected chi connectivity index (χ4v) is 1.90. The van der Waals surface area contributed by atoms with Crippen LogP contribution in [0.15, 0.2) is 28.9 Å². The van der Waals surface area contributed by atoms with E-state index >= 15 is 0 Å². The van der Waals surface area contributed by atoms with Crippen molar-refractivity contribution in [3.8, 4) is 11.4 Å². The van der Waals surface area contributed by atoms with Gasteiger partial charge in [0.2, 0.25) is 0 Å². The molecule has 0 radical (unpaired) electrons. The van der Waals surface area contributed by atoms with Gasteiger partial charge in [0, 0.05) is 10.0 Å². The minimum absolute atomic E-state index is 0.493. The van der Waals surface area contributed by atoms with Crippen LogP contribution in [0, 0.1) is 6.92 Å². The Bertz CT molecular complexity index is 505. The van der Waals surface area contributed by atoms with Crippen LogP contribution in [-0.4, -0.2) is 16.3 Å². The van der Waals surface area contributed by atoms with Crippen LogP contribution in [0.4, 0.5) is 0 Å². The van der Waals surface area contributed by atoms with E-state index in [0.29, 0.717) is 5.69 Å². The van der Waals surface area contributed by atoms with Crippen LogP contribution in [0.5, 0.6) is 0 Å². The highest BCUT2D eigenvalue weighted by Crippen LogP contribution is 2.23. The fraction of sp³-hybridized carbons (Fsp3) is 0.0909. The van der Waals surface area contributed by atoms with Gasteiger partial charge < -0.3 is 4.98 Å². The van der Waals surface area contributed by atoms with Crippen molar-refractivity contribution in [1.29, 1.82) is 0 Å². The summed E-state index contributed by atoms with van der Waals surface area (Å²) in [6.45, 7) is 2.00. The van der Waals surface area contributed by atoms with Crippen LogP contribution >= 0.6 is 15.9 Å². The monoisotopic (exact) mass is 264 g/mol. The molecule has 0 atom stereocenters. The molecule has 0 aliphatic carbocycles. The van der Waals surface area contributed by atoms with Crippen molar-refractivity contribution in [2.75, 3.05) is 0 Å². The third-order valence-corrected chi connectivity index (χ3v) is 2.66. The Kier molecular flexibility index (Phi) is 2.68. The van der Waals surface area contributed by atoms with E-state index in [1.165, 1.54) is 6.20 Å². The van der Waals surface area contributed by atoms with Gasteiger partial charge >= 0.3 is 0 Å². The number of hydrogen-bond donors (Lipinski definition) is 1. The smallest absolute Gasteiger partial charge is 0.167 e. The largest absolute Gasteiger partial charge is 0.336 e. The third-order valence-electron chi connectivity index (χ3n) is 2.17. The average Bonchev–Trinajstić information content (AvgIpc) is 2.66. The number of nitrogens with one attached hydrogen (secondary N) is 1. The number of benzene rings is 1. The number of aryl methyl sites for hydroxylation is 1. The number of aldehydes is 1. The quantitative estimate of drug-likeness (QED) is 0.848. The number of rotatable bonds is 2. The standard InChI is InChI=1S/C11H9BrN2O/c1-7-4-8(12)2-3-10(7)11-13-5-9(6-15)14-11/h2-6H,1H3,(H,13,14). The van der Waals surface area contributed by atoms with Gasteiger partial charge in [-0.15, -0.1) is 0 Å². The lowest BCUT2D eigenvalue weighted by molar-refractivity contribution is 0.111. The predicted octanol–water partition coefficient (Wildman–Crippen LogP) is 2.96. The van der Waals surface area contributed by atoms with E-state index in [4.69, 9.17) is 0 Å². The Morgan fingerprint density at radius 3 is 2.87 bits per heavy atom. The van der Waals surface area contributed by atoms with Gasteiger partial charge in [-0.2, -0.15) is 0 Å². The van der Waals surface area contributed by atoms with E-state index in [2.05, 4.69) is 25.9 Å². The number of H-pyrrole nitrogens is 1. The lowest BCUT2D eigenvalue weighted by Crippen LogP contribution is -1.86. The van der Waals surface area contributed by atoms with Crippen LogP contribution in [0.1, 0.15) is 16.1 Å². The highest BCUT2D eigenvalue weighted by Gasteiger charge is 2.06. The highest BCUT2D eigenvalue weighted by molar-refractivity contribution is 9.10. The molecule has 76 valence electrons. The average molecular weight is 265 g/mol. The van der Waals surface area contributed by atoms with E-state index in [0.717, 1.165) is 27.7 Å². The molecule has 0 saturated carbocycles. The zero-order chi connectivity index (χ0) is 10.8. The molecule has 1 heterocycles. The lowest BCUT2D eigenvalue weighted by Gasteiger charge is -2.02. The second kappa shape index (κ2) is 3.98. The maximum Gasteiger partial charge on any atom is 0.167 e. The molecule has 1 aromatic carbocycles. The summed E-state index contributed by atoms with van der Waals surface area (Å²) in [5.41, 5.74) is 2.61. The minimum atomic E-state index is 0.493. The lowest BCUT2D eigenvalue weighted by atomic mass is 10.1. The number of carbonyl (C=O) groups is 1. The normalized spacial score (nSPS) is 10.3.